The highest BCUT2D eigenvalue weighted by molar-refractivity contribution is 5.94. The normalized spacial score (nSPS) is 11.7. The summed E-state index contributed by atoms with van der Waals surface area (Å²) in [7, 11) is 0. The van der Waals surface area contributed by atoms with Crippen molar-refractivity contribution in [3.8, 4) is 6.07 Å². The number of anilines is 2. The molecule has 5 nitrogen and oxygen atoms in total. The van der Waals surface area contributed by atoms with Gasteiger partial charge in [0.05, 0.1) is 0 Å². The van der Waals surface area contributed by atoms with Crippen LogP contribution in [-0.4, -0.2) is 10.5 Å². The number of aryl methyl sites for hydroxylation is 1. The van der Waals surface area contributed by atoms with E-state index in [1.807, 2.05) is 6.92 Å². The van der Waals surface area contributed by atoms with E-state index >= 15 is 0 Å². The first-order valence-electron chi connectivity index (χ1n) is 6.27. The molecule has 2 aromatic rings. The molecule has 1 aromatic heterocycles. The second kappa shape index (κ2) is 5.49. The van der Waals surface area contributed by atoms with Gasteiger partial charge < -0.3 is 15.6 Å². The summed E-state index contributed by atoms with van der Waals surface area (Å²) < 4.78 is 1.64. The Labute approximate surface area is 117 Å². The van der Waals surface area contributed by atoms with E-state index in [9.17, 15) is 4.79 Å². The largest absolute Gasteiger partial charge is 0.399 e. The zero-order valence-corrected chi connectivity index (χ0v) is 11.4. The van der Waals surface area contributed by atoms with Gasteiger partial charge in [0, 0.05) is 17.6 Å². The predicted octanol–water partition coefficient (Wildman–Crippen LogP) is 2.45. The van der Waals surface area contributed by atoms with Crippen LogP contribution < -0.4 is 11.1 Å². The second-order valence-corrected chi connectivity index (χ2v) is 4.65. The molecule has 3 N–H and O–H groups in total. The Morgan fingerprint density at radius 2 is 2.20 bits per heavy atom. The molecule has 0 spiro atoms. The van der Waals surface area contributed by atoms with Crippen molar-refractivity contribution in [2.45, 2.75) is 19.9 Å². The van der Waals surface area contributed by atoms with Crippen LogP contribution in [0.2, 0.25) is 0 Å². The lowest BCUT2D eigenvalue weighted by Gasteiger charge is -2.16. The number of nitrogens with one attached hydrogen (secondary N) is 1. The van der Waals surface area contributed by atoms with Gasteiger partial charge in [0.1, 0.15) is 17.8 Å². The zero-order valence-electron chi connectivity index (χ0n) is 11.4. The van der Waals surface area contributed by atoms with Gasteiger partial charge >= 0.3 is 0 Å². The summed E-state index contributed by atoms with van der Waals surface area (Å²) in [5.41, 5.74) is 8.42. The molecule has 1 atom stereocenters. The third kappa shape index (κ3) is 2.64. The van der Waals surface area contributed by atoms with Crippen molar-refractivity contribution in [2.24, 2.45) is 0 Å². The summed E-state index contributed by atoms with van der Waals surface area (Å²) in [6.07, 6.45) is 1.72. The third-order valence-corrected chi connectivity index (χ3v) is 3.20. The summed E-state index contributed by atoms with van der Waals surface area (Å²) in [6.45, 7) is 3.63. The number of nitrogens with two attached hydrogens (primary N) is 1. The Morgan fingerprint density at radius 1 is 1.45 bits per heavy atom. The Balaban J connectivity index is 2.18. The molecule has 1 unspecified atom stereocenters. The van der Waals surface area contributed by atoms with Gasteiger partial charge in [-0.2, -0.15) is 5.26 Å². The second-order valence-electron chi connectivity index (χ2n) is 4.65. The Hall–Kier alpha value is -2.74. The van der Waals surface area contributed by atoms with E-state index < -0.39 is 6.04 Å². The summed E-state index contributed by atoms with van der Waals surface area (Å²) in [5.74, 6) is -0.175. The van der Waals surface area contributed by atoms with Crippen LogP contribution in [0, 0.1) is 18.3 Å². The van der Waals surface area contributed by atoms with Crippen molar-refractivity contribution in [1.82, 2.24) is 4.57 Å². The van der Waals surface area contributed by atoms with Crippen molar-refractivity contribution in [2.75, 3.05) is 11.1 Å². The van der Waals surface area contributed by atoms with Crippen molar-refractivity contribution in [3.05, 3.63) is 47.8 Å². The zero-order chi connectivity index (χ0) is 14.7. The van der Waals surface area contributed by atoms with Gasteiger partial charge in [-0.05, 0) is 49.7 Å². The fraction of sp³-hybridized carbons (Fsp3) is 0.200. The van der Waals surface area contributed by atoms with E-state index in [1.54, 1.807) is 48.0 Å². The maximum Gasteiger partial charge on any atom is 0.247 e. The number of amides is 1. The summed E-state index contributed by atoms with van der Waals surface area (Å²) in [6, 6.07) is 10.3. The molecule has 0 aliphatic heterocycles. The fourth-order valence-electron chi connectivity index (χ4n) is 2.02. The molecule has 1 amide bonds. The molecule has 5 heteroatoms. The van der Waals surface area contributed by atoms with E-state index in [1.165, 1.54) is 0 Å². The average Bonchev–Trinajstić information content (AvgIpc) is 2.89. The number of hydrogen-bond donors (Lipinski definition) is 2. The lowest BCUT2D eigenvalue weighted by molar-refractivity contribution is -0.118. The van der Waals surface area contributed by atoms with Crippen molar-refractivity contribution in [1.29, 1.82) is 5.26 Å². The Morgan fingerprint density at radius 3 is 2.85 bits per heavy atom. The lowest BCUT2D eigenvalue weighted by atomic mass is 10.1. The molecule has 20 heavy (non-hydrogen) atoms. The quantitative estimate of drug-likeness (QED) is 0.838. The summed E-state index contributed by atoms with van der Waals surface area (Å²) >= 11 is 0. The molecule has 0 saturated heterocycles. The number of carbonyl (C=O) groups excluding carboxylic acids is 1. The molecule has 0 fully saturated rings. The van der Waals surface area contributed by atoms with E-state index in [2.05, 4.69) is 11.4 Å². The van der Waals surface area contributed by atoms with Crippen LogP contribution in [0.3, 0.4) is 0 Å². The van der Waals surface area contributed by atoms with E-state index in [0.29, 0.717) is 11.4 Å². The highest BCUT2D eigenvalue weighted by atomic mass is 16.2. The smallest absolute Gasteiger partial charge is 0.247 e. The molecule has 0 radical (unpaired) electrons. The van der Waals surface area contributed by atoms with E-state index in [0.717, 1.165) is 11.3 Å². The monoisotopic (exact) mass is 268 g/mol. The van der Waals surface area contributed by atoms with Crippen LogP contribution in [0.5, 0.6) is 0 Å². The lowest BCUT2D eigenvalue weighted by Crippen LogP contribution is -2.24. The fourth-order valence-corrected chi connectivity index (χ4v) is 2.02. The van der Waals surface area contributed by atoms with Crippen molar-refractivity contribution in [3.63, 3.8) is 0 Å². The van der Waals surface area contributed by atoms with Gasteiger partial charge in [-0.1, -0.05) is 0 Å². The number of hydrogen-bond acceptors (Lipinski definition) is 3. The number of nitrogens with zero attached hydrogens (tertiary/aromatic N) is 2. The average molecular weight is 268 g/mol. The summed E-state index contributed by atoms with van der Waals surface area (Å²) in [4.78, 5) is 12.2. The first-order valence-corrected chi connectivity index (χ1v) is 6.27. The maximum absolute atomic E-state index is 12.2. The van der Waals surface area contributed by atoms with E-state index in [4.69, 9.17) is 11.0 Å². The molecule has 0 aliphatic rings. The number of carbonyl (C=O) groups is 1. The van der Waals surface area contributed by atoms with Gasteiger partial charge in [0.2, 0.25) is 5.91 Å². The van der Waals surface area contributed by atoms with Crippen LogP contribution in [0.15, 0.2) is 36.5 Å². The maximum atomic E-state index is 12.2. The molecule has 0 saturated carbocycles. The predicted molar refractivity (Wildman–Crippen MR) is 78.1 cm³/mol. The van der Waals surface area contributed by atoms with Crippen LogP contribution >= 0.6 is 0 Å². The standard InChI is InChI=1S/C15H16N4O/c1-10-8-12(17)5-6-14(10)18-15(20)11(2)19-7-3-4-13(19)9-16/h3-8,11H,17H2,1-2H3,(H,18,20). The molecule has 2 rings (SSSR count). The highest BCUT2D eigenvalue weighted by Crippen LogP contribution is 2.20. The van der Waals surface area contributed by atoms with Gasteiger partial charge in [-0.3, -0.25) is 4.79 Å². The van der Waals surface area contributed by atoms with Gasteiger partial charge in [-0.25, -0.2) is 0 Å². The van der Waals surface area contributed by atoms with Crippen molar-refractivity contribution >= 4 is 17.3 Å². The molecular formula is C15H16N4O. The first kappa shape index (κ1) is 13.7. The minimum absolute atomic E-state index is 0.175. The van der Waals surface area contributed by atoms with Crippen LogP contribution in [0.4, 0.5) is 11.4 Å². The highest BCUT2D eigenvalue weighted by Gasteiger charge is 2.17. The third-order valence-electron chi connectivity index (χ3n) is 3.20. The van der Waals surface area contributed by atoms with Crippen molar-refractivity contribution < 1.29 is 4.79 Å². The number of nitrogen functional groups attached to an aromatic ring is 1. The molecule has 1 heterocycles. The van der Waals surface area contributed by atoms with Gasteiger partial charge in [-0.15, -0.1) is 0 Å². The Bertz CT molecular complexity index is 681. The topological polar surface area (TPSA) is 83.8 Å². The number of benzene rings is 1. The minimum Gasteiger partial charge on any atom is -0.399 e. The van der Waals surface area contributed by atoms with Gasteiger partial charge in [0.25, 0.3) is 0 Å². The van der Waals surface area contributed by atoms with Crippen LogP contribution in [0.25, 0.3) is 0 Å². The van der Waals surface area contributed by atoms with Crippen LogP contribution in [0.1, 0.15) is 24.2 Å². The number of aromatic nitrogens is 1. The molecule has 102 valence electrons. The SMILES string of the molecule is Cc1cc(N)ccc1NC(=O)C(C)n1cccc1C#N. The minimum atomic E-state index is -0.461. The molecule has 0 aliphatic carbocycles. The number of nitriles is 1. The van der Waals surface area contributed by atoms with Gasteiger partial charge in [0.15, 0.2) is 0 Å². The number of rotatable bonds is 3. The molecule has 1 aromatic carbocycles. The molecular weight excluding hydrogens is 252 g/mol. The van der Waals surface area contributed by atoms with Crippen LogP contribution in [-0.2, 0) is 4.79 Å². The van der Waals surface area contributed by atoms with E-state index in [-0.39, 0.29) is 5.91 Å². The molecule has 0 bridgehead atoms. The Kier molecular flexibility index (Phi) is 3.76. The summed E-state index contributed by atoms with van der Waals surface area (Å²) in [5, 5.41) is 11.8. The first-order chi connectivity index (χ1) is 9.52.